The Kier molecular flexibility index (Phi) is 3.54. The van der Waals surface area contributed by atoms with Crippen molar-refractivity contribution < 1.29 is 18.3 Å². The molecule has 3 rings (SSSR count). The SMILES string of the molecule is COC(=O)c1cccn2c(Cc3ccc(F)c(F)c3)nnc12. The maximum absolute atomic E-state index is 13.3. The third-order valence-electron chi connectivity index (χ3n) is 3.26. The van der Waals surface area contributed by atoms with Crippen LogP contribution in [-0.4, -0.2) is 27.7 Å². The van der Waals surface area contributed by atoms with E-state index in [1.165, 1.54) is 13.2 Å². The van der Waals surface area contributed by atoms with E-state index >= 15 is 0 Å². The molecule has 0 atom stereocenters. The minimum Gasteiger partial charge on any atom is -0.465 e. The number of pyridine rings is 1. The van der Waals surface area contributed by atoms with Crippen LogP contribution in [0.1, 0.15) is 21.7 Å². The lowest BCUT2D eigenvalue weighted by Crippen LogP contribution is -2.05. The number of rotatable bonds is 3. The van der Waals surface area contributed by atoms with Crippen molar-refractivity contribution in [2.75, 3.05) is 7.11 Å². The topological polar surface area (TPSA) is 56.5 Å². The van der Waals surface area contributed by atoms with Crippen LogP contribution in [0.4, 0.5) is 8.78 Å². The van der Waals surface area contributed by atoms with Crippen LogP contribution in [0.5, 0.6) is 0 Å². The molecule has 0 saturated heterocycles. The highest BCUT2D eigenvalue weighted by molar-refractivity contribution is 5.95. The number of carbonyl (C=O) groups is 1. The molecule has 7 heteroatoms. The molecule has 0 radical (unpaired) electrons. The van der Waals surface area contributed by atoms with Crippen molar-refractivity contribution in [3.8, 4) is 0 Å². The predicted octanol–water partition coefficient (Wildman–Crippen LogP) is 2.38. The average Bonchev–Trinajstić information content (AvgIpc) is 2.93. The van der Waals surface area contributed by atoms with Crippen LogP contribution in [-0.2, 0) is 11.2 Å². The van der Waals surface area contributed by atoms with Gasteiger partial charge in [0.05, 0.1) is 7.11 Å². The first-order chi connectivity index (χ1) is 10.6. The summed E-state index contributed by atoms with van der Waals surface area (Å²) >= 11 is 0. The lowest BCUT2D eigenvalue weighted by Gasteiger charge is -2.03. The third-order valence-corrected chi connectivity index (χ3v) is 3.26. The number of esters is 1. The molecular formula is C15H11F2N3O2. The highest BCUT2D eigenvalue weighted by Gasteiger charge is 2.15. The summed E-state index contributed by atoms with van der Waals surface area (Å²) in [4.78, 5) is 11.7. The third kappa shape index (κ3) is 2.41. The Bertz CT molecular complexity index is 861. The average molecular weight is 303 g/mol. The summed E-state index contributed by atoms with van der Waals surface area (Å²) in [5.74, 6) is -1.83. The molecule has 0 saturated carbocycles. The number of hydrogen-bond donors (Lipinski definition) is 0. The monoisotopic (exact) mass is 303 g/mol. The molecule has 1 aromatic carbocycles. The number of ether oxygens (including phenoxy) is 1. The van der Waals surface area contributed by atoms with Gasteiger partial charge in [0.15, 0.2) is 17.3 Å². The van der Waals surface area contributed by atoms with E-state index < -0.39 is 17.6 Å². The van der Waals surface area contributed by atoms with Crippen molar-refractivity contribution in [2.45, 2.75) is 6.42 Å². The van der Waals surface area contributed by atoms with Gasteiger partial charge in [-0.25, -0.2) is 13.6 Å². The van der Waals surface area contributed by atoms with E-state index in [0.717, 1.165) is 12.1 Å². The van der Waals surface area contributed by atoms with Gasteiger partial charge in [-0.15, -0.1) is 10.2 Å². The highest BCUT2D eigenvalue weighted by atomic mass is 19.2. The van der Waals surface area contributed by atoms with Gasteiger partial charge >= 0.3 is 5.97 Å². The molecule has 0 bridgehead atoms. The second kappa shape index (κ2) is 5.51. The Morgan fingerprint density at radius 2 is 2.05 bits per heavy atom. The van der Waals surface area contributed by atoms with E-state index in [9.17, 15) is 13.6 Å². The Balaban J connectivity index is 2.01. The van der Waals surface area contributed by atoms with E-state index in [0.29, 0.717) is 17.0 Å². The van der Waals surface area contributed by atoms with Crippen LogP contribution in [0.2, 0.25) is 0 Å². The zero-order valence-electron chi connectivity index (χ0n) is 11.6. The largest absolute Gasteiger partial charge is 0.465 e. The fourth-order valence-corrected chi connectivity index (χ4v) is 2.19. The minimum atomic E-state index is -0.915. The summed E-state index contributed by atoms with van der Waals surface area (Å²) in [6.07, 6.45) is 1.94. The molecule has 0 unspecified atom stereocenters. The first-order valence-electron chi connectivity index (χ1n) is 6.45. The number of fused-ring (bicyclic) bond motifs is 1. The maximum atomic E-state index is 13.3. The van der Waals surface area contributed by atoms with E-state index in [2.05, 4.69) is 14.9 Å². The molecule has 22 heavy (non-hydrogen) atoms. The van der Waals surface area contributed by atoms with Gasteiger partial charge in [-0.05, 0) is 29.8 Å². The van der Waals surface area contributed by atoms with E-state index in [1.54, 1.807) is 22.7 Å². The summed E-state index contributed by atoms with van der Waals surface area (Å²) in [5, 5.41) is 7.98. The zero-order chi connectivity index (χ0) is 15.7. The summed E-state index contributed by atoms with van der Waals surface area (Å²) < 4.78 is 32.5. The highest BCUT2D eigenvalue weighted by Crippen LogP contribution is 2.16. The van der Waals surface area contributed by atoms with Crippen molar-refractivity contribution >= 4 is 11.6 Å². The fraction of sp³-hybridized carbons (Fsp3) is 0.133. The molecule has 5 nitrogen and oxygen atoms in total. The van der Waals surface area contributed by atoms with Crippen molar-refractivity contribution in [1.82, 2.24) is 14.6 Å². The van der Waals surface area contributed by atoms with Gasteiger partial charge < -0.3 is 4.74 Å². The zero-order valence-corrected chi connectivity index (χ0v) is 11.6. The van der Waals surface area contributed by atoms with Crippen molar-refractivity contribution in [3.63, 3.8) is 0 Å². The van der Waals surface area contributed by atoms with Gasteiger partial charge in [-0.1, -0.05) is 6.07 Å². The molecule has 2 heterocycles. The molecule has 0 aliphatic carbocycles. The lowest BCUT2D eigenvalue weighted by molar-refractivity contribution is 0.0602. The van der Waals surface area contributed by atoms with E-state index in [1.807, 2.05) is 0 Å². The first-order valence-corrected chi connectivity index (χ1v) is 6.45. The quantitative estimate of drug-likeness (QED) is 0.697. The number of halogens is 2. The van der Waals surface area contributed by atoms with Crippen LogP contribution >= 0.6 is 0 Å². The van der Waals surface area contributed by atoms with Gasteiger partial charge in [0, 0.05) is 12.6 Å². The van der Waals surface area contributed by atoms with E-state index in [4.69, 9.17) is 0 Å². The van der Waals surface area contributed by atoms with Gasteiger partial charge in [0.2, 0.25) is 0 Å². The van der Waals surface area contributed by atoms with Crippen LogP contribution in [0.15, 0.2) is 36.5 Å². The summed E-state index contributed by atoms with van der Waals surface area (Å²) in [7, 11) is 1.28. The number of methoxy groups -OCH3 is 1. The molecule has 0 fully saturated rings. The van der Waals surface area contributed by atoms with Crippen molar-refractivity contribution in [2.24, 2.45) is 0 Å². The first kappa shape index (κ1) is 14.1. The molecular weight excluding hydrogens is 292 g/mol. The van der Waals surface area contributed by atoms with Crippen molar-refractivity contribution in [1.29, 1.82) is 0 Å². The van der Waals surface area contributed by atoms with Gasteiger partial charge in [0.1, 0.15) is 11.4 Å². The van der Waals surface area contributed by atoms with Gasteiger partial charge in [-0.2, -0.15) is 0 Å². The second-order valence-electron chi connectivity index (χ2n) is 4.65. The number of carbonyl (C=O) groups excluding carboxylic acids is 1. The smallest absolute Gasteiger partial charge is 0.341 e. The van der Waals surface area contributed by atoms with Gasteiger partial charge in [0.25, 0.3) is 0 Å². The maximum Gasteiger partial charge on any atom is 0.341 e. The Morgan fingerprint density at radius 1 is 1.23 bits per heavy atom. The summed E-state index contributed by atoms with van der Waals surface area (Å²) in [6, 6.07) is 6.90. The Labute approximate surface area is 124 Å². The molecule has 2 aromatic heterocycles. The predicted molar refractivity (Wildman–Crippen MR) is 73.5 cm³/mol. The molecule has 3 aromatic rings. The fourth-order valence-electron chi connectivity index (χ4n) is 2.19. The minimum absolute atomic E-state index is 0.253. The molecule has 0 amide bonds. The number of nitrogens with zero attached hydrogens (tertiary/aromatic N) is 3. The van der Waals surface area contributed by atoms with Crippen molar-refractivity contribution in [3.05, 3.63) is 65.1 Å². The normalized spacial score (nSPS) is 10.9. The molecule has 112 valence electrons. The number of hydrogen-bond acceptors (Lipinski definition) is 4. The summed E-state index contributed by atoms with van der Waals surface area (Å²) in [6.45, 7) is 0. The Morgan fingerprint density at radius 3 is 2.77 bits per heavy atom. The van der Waals surface area contributed by atoms with Crippen LogP contribution < -0.4 is 0 Å². The van der Waals surface area contributed by atoms with Crippen LogP contribution in [0.25, 0.3) is 5.65 Å². The molecule has 0 aliphatic heterocycles. The standard InChI is InChI=1S/C15H11F2N3O2/c1-22-15(21)10-3-2-6-20-13(18-19-14(10)20)8-9-4-5-11(16)12(17)7-9/h2-7H,8H2,1H3. The molecule has 0 aliphatic rings. The molecule has 0 N–H and O–H groups in total. The lowest BCUT2D eigenvalue weighted by atomic mass is 10.1. The Hall–Kier alpha value is -2.83. The number of aromatic nitrogens is 3. The van der Waals surface area contributed by atoms with Crippen LogP contribution in [0.3, 0.4) is 0 Å². The van der Waals surface area contributed by atoms with Gasteiger partial charge in [-0.3, -0.25) is 4.40 Å². The second-order valence-corrected chi connectivity index (χ2v) is 4.65. The summed E-state index contributed by atoms with van der Waals surface area (Å²) in [5.41, 5.74) is 1.19. The number of benzene rings is 1. The van der Waals surface area contributed by atoms with E-state index in [-0.39, 0.29) is 12.0 Å². The molecule has 0 spiro atoms. The van der Waals surface area contributed by atoms with Crippen LogP contribution in [0, 0.1) is 11.6 Å².